The second-order valence-corrected chi connectivity index (χ2v) is 14.5. The van der Waals surface area contributed by atoms with Gasteiger partial charge >= 0.3 is 5.92 Å². The lowest BCUT2D eigenvalue weighted by Gasteiger charge is -2.27. The van der Waals surface area contributed by atoms with E-state index >= 15 is 8.78 Å². The van der Waals surface area contributed by atoms with Gasteiger partial charge in [-0.25, -0.2) is 0 Å². The zero-order valence-electron chi connectivity index (χ0n) is 33.2. The summed E-state index contributed by atoms with van der Waals surface area (Å²) < 4.78 is 51.4. The van der Waals surface area contributed by atoms with Crippen molar-refractivity contribution in [2.75, 3.05) is 39.6 Å². The van der Waals surface area contributed by atoms with Crippen molar-refractivity contribution in [3.05, 3.63) is 102 Å². The largest absolute Gasteiger partial charge is 0.491 e. The van der Waals surface area contributed by atoms with Gasteiger partial charge < -0.3 is 19.5 Å². The molecule has 320 valence electrons. The number of fused-ring (bicyclic) bond motifs is 3. The summed E-state index contributed by atoms with van der Waals surface area (Å²) in [4.78, 5) is 67.4. The molecule has 18 nitrogen and oxygen atoms in total. The van der Waals surface area contributed by atoms with Gasteiger partial charge in [-0.05, 0) is 61.7 Å². The summed E-state index contributed by atoms with van der Waals surface area (Å²) in [5.41, 5.74) is 1.75. The third kappa shape index (κ3) is 8.86. The number of alkyl halides is 2. The number of carbonyl (C=O) groups excluding carboxylic acids is 5. The minimum atomic E-state index is -3.47. The van der Waals surface area contributed by atoms with Crippen LogP contribution < -0.4 is 15.4 Å². The van der Waals surface area contributed by atoms with Crippen LogP contribution in [0.2, 0.25) is 0 Å². The summed E-state index contributed by atoms with van der Waals surface area (Å²) in [7, 11) is 0. The molecule has 0 saturated carbocycles. The number of hydrogen-bond acceptors (Lipinski definition) is 13. The maximum absolute atomic E-state index is 15.8. The normalized spacial score (nSPS) is 15.4. The number of carbonyl (C=O) groups is 5. The van der Waals surface area contributed by atoms with Gasteiger partial charge in [0.2, 0.25) is 23.5 Å². The number of ether oxygens (including phenoxy) is 3. The number of rotatable bonds is 19. The van der Waals surface area contributed by atoms with Crippen molar-refractivity contribution in [3.63, 3.8) is 0 Å². The molecule has 62 heavy (non-hydrogen) atoms. The fourth-order valence-electron chi connectivity index (χ4n) is 7.16. The number of pyridine rings is 1. The molecule has 0 bridgehead atoms. The second-order valence-electron chi connectivity index (χ2n) is 14.5. The second kappa shape index (κ2) is 18.3. The Labute approximate surface area is 351 Å². The summed E-state index contributed by atoms with van der Waals surface area (Å²) in [6.45, 7) is 2.26. The topological polar surface area (TPSA) is 214 Å². The van der Waals surface area contributed by atoms with Crippen LogP contribution in [0, 0.1) is 0 Å². The van der Waals surface area contributed by atoms with Crippen LogP contribution in [0.5, 0.6) is 5.75 Å². The number of benzene rings is 2. The molecule has 6 heterocycles. The van der Waals surface area contributed by atoms with Crippen LogP contribution >= 0.6 is 0 Å². The highest BCUT2D eigenvalue weighted by atomic mass is 19.3. The van der Waals surface area contributed by atoms with Crippen molar-refractivity contribution < 1.29 is 47.0 Å². The van der Waals surface area contributed by atoms with E-state index in [1.807, 2.05) is 0 Å². The monoisotopic (exact) mass is 850 g/mol. The predicted octanol–water partition coefficient (Wildman–Crippen LogP) is 3.48. The molecule has 2 N–H and O–H groups in total. The molecule has 2 aromatic carbocycles. The van der Waals surface area contributed by atoms with E-state index in [4.69, 9.17) is 14.2 Å². The van der Waals surface area contributed by atoms with Crippen LogP contribution in [0.15, 0.2) is 79.3 Å². The molecule has 1 fully saturated rings. The molecule has 0 radical (unpaired) electrons. The molecule has 1 atom stereocenters. The zero-order valence-corrected chi connectivity index (χ0v) is 33.2. The lowest BCUT2D eigenvalue weighted by molar-refractivity contribution is -0.136. The van der Waals surface area contributed by atoms with Gasteiger partial charge in [-0.1, -0.05) is 18.2 Å². The molecule has 0 spiro atoms. The minimum absolute atomic E-state index is 0.0169. The number of amides is 5. The van der Waals surface area contributed by atoms with Gasteiger partial charge in [0, 0.05) is 68.1 Å². The van der Waals surface area contributed by atoms with Crippen LogP contribution in [-0.4, -0.2) is 115 Å². The Morgan fingerprint density at radius 1 is 0.919 bits per heavy atom. The van der Waals surface area contributed by atoms with Gasteiger partial charge in [-0.15, -0.1) is 10.2 Å². The third-order valence-electron chi connectivity index (χ3n) is 10.3. The molecule has 0 aliphatic carbocycles. The number of imide groups is 2. The Kier molecular flexibility index (Phi) is 12.3. The standard InChI is InChI=1S/C42H40F2N10O8/c43-42(44,28-8-9-30-26(23-28)5-2-15-45-30)41-50-49-34-12-10-31(51-54(34)41)27-24-47-52(25-27)17-3-18-60-19-4-20-61-21-14-35(55)46-16-22-62-33-7-1-6-29-37(33)40(59)53(39(29)58)32-11-13-36(56)48-38(32)57/h1-2,5-10,12,15,23-25,32H,3-4,11,13-14,16-22H2,(H,46,55)(H,48,56,57). The number of halogens is 2. The lowest BCUT2D eigenvalue weighted by Crippen LogP contribution is -2.54. The molecule has 20 heteroatoms. The number of nitrogens with zero attached hydrogens (tertiary/aromatic N) is 8. The lowest BCUT2D eigenvalue weighted by atomic mass is 10.0. The molecule has 4 aromatic heterocycles. The number of nitrogens with one attached hydrogen (secondary N) is 2. The number of piperidine rings is 1. The fraction of sp³-hybridized carbons (Fsp3) is 0.333. The van der Waals surface area contributed by atoms with Crippen molar-refractivity contribution >= 4 is 46.1 Å². The van der Waals surface area contributed by atoms with Gasteiger partial charge in [0.1, 0.15) is 18.4 Å². The molecule has 6 aromatic rings. The Bertz CT molecular complexity index is 2670. The minimum Gasteiger partial charge on any atom is -0.491 e. The molecule has 2 aliphatic heterocycles. The van der Waals surface area contributed by atoms with E-state index in [1.165, 1.54) is 24.3 Å². The number of aromatic nitrogens is 7. The van der Waals surface area contributed by atoms with Crippen LogP contribution in [0.4, 0.5) is 8.78 Å². The van der Waals surface area contributed by atoms with Gasteiger partial charge in [-0.3, -0.25) is 43.9 Å². The first-order chi connectivity index (χ1) is 30.1. The first-order valence-corrected chi connectivity index (χ1v) is 20.0. The Balaban J connectivity index is 0.699. The first-order valence-electron chi connectivity index (χ1n) is 20.0. The van der Waals surface area contributed by atoms with E-state index in [9.17, 15) is 24.0 Å². The van der Waals surface area contributed by atoms with E-state index in [0.29, 0.717) is 61.4 Å². The maximum atomic E-state index is 15.8. The zero-order chi connectivity index (χ0) is 43.2. The molecule has 5 amide bonds. The van der Waals surface area contributed by atoms with Crippen molar-refractivity contribution in [2.24, 2.45) is 0 Å². The predicted molar refractivity (Wildman–Crippen MR) is 214 cm³/mol. The summed E-state index contributed by atoms with van der Waals surface area (Å²) in [6.07, 6.45) is 6.48. The summed E-state index contributed by atoms with van der Waals surface area (Å²) in [6, 6.07) is 14.4. The molecule has 1 saturated heterocycles. The molecule has 8 rings (SSSR count). The van der Waals surface area contributed by atoms with Gasteiger partial charge in [-0.2, -0.15) is 23.5 Å². The number of hydrogen-bond donors (Lipinski definition) is 2. The van der Waals surface area contributed by atoms with E-state index in [0.717, 1.165) is 9.42 Å². The van der Waals surface area contributed by atoms with Crippen LogP contribution in [-0.2, 0) is 36.3 Å². The van der Waals surface area contributed by atoms with Crippen LogP contribution in [0.1, 0.15) is 64.2 Å². The average Bonchev–Trinajstić information content (AvgIpc) is 3.99. The average molecular weight is 851 g/mol. The highest BCUT2D eigenvalue weighted by Crippen LogP contribution is 2.36. The summed E-state index contributed by atoms with van der Waals surface area (Å²) in [5, 5.41) is 22.0. The van der Waals surface area contributed by atoms with Gasteiger partial charge in [0.15, 0.2) is 5.65 Å². The van der Waals surface area contributed by atoms with E-state index in [-0.39, 0.29) is 73.0 Å². The molecular weight excluding hydrogens is 811 g/mol. The third-order valence-corrected chi connectivity index (χ3v) is 10.3. The smallest absolute Gasteiger partial charge is 0.333 e. The van der Waals surface area contributed by atoms with Crippen LogP contribution in [0.3, 0.4) is 0 Å². The highest BCUT2D eigenvalue weighted by Gasteiger charge is 2.46. The van der Waals surface area contributed by atoms with Gasteiger partial charge in [0.05, 0.1) is 41.7 Å². The SMILES string of the molecule is O=C(CCOCCCOCCCn1cc(-c2ccc3nnc(C(F)(F)c4ccc5ncccc5c4)n3n2)cn1)NCCOc1cccc2c1C(=O)N(C1CCC(=O)NC1=O)C2=O. The van der Waals surface area contributed by atoms with E-state index < -0.39 is 41.4 Å². The molecular formula is C42H40F2N10O8. The Morgan fingerprint density at radius 2 is 1.76 bits per heavy atom. The Hall–Kier alpha value is -7.06. The van der Waals surface area contributed by atoms with Crippen molar-refractivity contribution in [2.45, 2.75) is 50.6 Å². The van der Waals surface area contributed by atoms with E-state index in [1.54, 1.807) is 59.7 Å². The quantitative estimate of drug-likeness (QED) is 0.0884. The fourth-order valence-corrected chi connectivity index (χ4v) is 7.16. The summed E-state index contributed by atoms with van der Waals surface area (Å²) >= 11 is 0. The summed E-state index contributed by atoms with van der Waals surface area (Å²) in [5.74, 6) is -6.64. The number of aryl methyl sites for hydroxylation is 1. The van der Waals surface area contributed by atoms with Crippen LogP contribution in [0.25, 0.3) is 27.8 Å². The van der Waals surface area contributed by atoms with Crippen molar-refractivity contribution in [1.29, 1.82) is 0 Å². The van der Waals surface area contributed by atoms with Crippen molar-refractivity contribution in [1.82, 2.24) is 50.1 Å². The molecule has 1 unspecified atom stereocenters. The molecule has 2 aliphatic rings. The Morgan fingerprint density at radius 3 is 2.61 bits per heavy atom. The highest BCUT2D eigenvalue weighted by molar-refractivity contribution is 6.24. The van der Waals surface area contributed by atoms with E-state index in [2.05, 4.69) is 36.0 Å². The first kappa shape index (κ1) is 41.7. The van der Waals surface area contributed by atoms with Crippen molar-refractivity contribution in [3.8, 4) is 17.0 Å². The van der Waals surface area contributed by atoms with Gasteiger partial charge in [0.25, 0.3) is 11.8 Å². The maximum Gasteiger partial charge on any atom is 0.333 e.